The van der Waals surface area contributed by atoms with Gasteiger partial charge in [0.1, 0.15) is 0 Å². The lowest BCUT2D eigenvalue weighted by molar-refractivity contribution is -0.385. The van der Waals surface area contributed by atoms with E-state index in [4.69, 9.17) is 0 Å². The van der Waals surface area contributed by atoms with Gasteiger partial charge in [0.15, 0.2) is 6.29 Å². The number of benzene rings is 2. The van der Waals surface area contributed by atoms with E-state index in [0.717, 1.165) is 4.90 Å². The summed E-state index contributed by atoms with van der Waals surface area (Å²) >= 11 is 1.25. The zero-order valence-electron chi connectivity index (χ0n) is 10.5. The zero-order valence-corrected chi connectivity index (χ0v) is 11.3. The molecule has 7 nitrogen and oxygen atoms in total. The molecule has 0 unspecified atom stereocenters. The molecule has 0 spiro atoms. The number of aldehydes is 1. The number of carbonyl (C=O) groups excluding carboxylic acids is 1. The van der Waals surface area contributed by atoms with Gasteiger partial charge in [-0.05, 0) is 24.3 Å². The van der Waals surface area contributed by atoms with Gasteiger partial charge in [0, 0.05) is 28.0 Å². The molecule has 0 atom stereocenters. The van der Waals surface area contributed by atoms with Gasteiger partial charge in [-0.3, -0.25) is 25.0 Å². The Labute approximate surface area is 122 Å². The number of non-ortho nitro benzene ring substituents is 1. The van der Waals surface area contributed by atoms with Crippen molar-refractivity contribution in [2.24, 2.45) is 0 Å². The predicted octanol–water partition coefficient (Wildman–Crippen LogP) is 3.47. The summed E-state index contributed by atoms with van der Waals surface area (Å²) in [5, 5.41) is 21.3. The van der Waals surface area contributed by atoms with Crippen LogP contribution < -0.4 is 0 Å². The molecule has 2 rings (SSSR count). The van der Waals surface area contributed by atoms with Crippen molar-refractivity contribution in [2.75, 3.05) is 0 Å². The molecule has 0 N–H and O–H groups in total. The van der Waals surface area contributed by atoms with Gasteiger partial charge < -0.3 is 0 Å². The van der Waals surface area contributed by atoms with E-state index in [1.54, 1.807) is 12.1 Å². The molecule has 106 valence electrons. The monoisotopic (exact) mass is 304 g/mol. The molecular formula is C13H8N2O5S. The molecule has 2 aromatic carbocycles. The quantitative estimate of drug-likeness (QED) is 0.476. The van der Waals surface area contributed by atoms with Gasteiger partial charge in [-0.2, -0.15) is 0 Å². The maximum Gasteiger partial charge on any atom is 0.279 e. The van der Waals surface area contributed by atoms with E-state index in [-0.39, 0.29) is 16.9 Å². The highest BCUT2D eigenvalue weighted by atomic mass is 32.2. The normalized spacial score (nSPS) is 10.1. The minimum absolute atomic E-state index is 0.00749. The van der Waals surface area contributed by atoms with Gasteiger partial charge in [0.2, 0.25) is 0 Å². The minimum atomic E-state index is -0.621. The first-order chi connectivity index (χ1) is 10.0. The summed E-state index contributed by atoms with van der Waals surface area (Å²) in [6.45, 7) is 0. The highest BCUT2D eigenvalue weighted by molar-refractivity contribution is 7.99. The molecule has 0 aliphatic carbocycles. The van der Waals surface area contributed by atoms with Crippen LogP contribution in [0.15, 0.2) is 52.3 Å². The summed E-state index contributed by atoms with van der Waals surface area (Å²) in [6, 6.07) is 10.1. The smallest absolute Gasteiger partial charge is 0.279 e. The molecule has 0 saturated heterocycles. The highest BCUT2D eigenvalue weighted by Gasteiger charge is 2.14. The Bertz CT molecular complexity index is 715. The van der Waals surface area contributed by atoms with Crippen LogP contribution in [0.3, 0.4) is 0 Å². The lowest BCUT2D eigenvalue weighted by Gasteiger charge is -2.03. The van der Waals surface area contributed by atoms with E-state index < -0.39 is 9.85 Å². The Morgan fingerprint density at radius 2 is 1.52 bits per heavy atom. The van der Waals surface area contributed by atoms with Crippen LogP contribution in [0.1, 0.15) is 10.4 Å². The maximum atomic E-state index is 10.9. The van der Waals surface area contributed by atoms with Crippen LogP contribution in [0.25, 0.3) is 0 Å². The van der Waals surface area contributed by atoms with Crippen LogP contribution >= 0.6 is 11.8 Å². The SMILES string of the molecule is O=Cc1cc(Sc2ccc([N+](=O)[O-])cc2)ccc1[N+](=O)[O-]. The lowest BCUT2D eigenvalue weighted by Crippen LogP contribution is -1.94. The van der Waals surface area contributed by atoms with Gasteiger partial charge in [-0.1, -0.05) is 11.8 Å². The number of nitro benzene ring substituents is 2. The van der Waals surface area contributed by atoms with E-state index in [0.29, 0.717) is 11.2 Å². The first kappa shape index (κ1) is 14.7. The van der Waals surface area contributed by atoms with Crippen LogP contribution in [0.5, 0.6) is 0 Å². The first-order valence-electron chi connectivity index (χ1n) is 5.67. The highest BCUT2D eigenvalue weighted by Crippen LogP contribution is 2.31. The molecule has 0 fully saturated rings. The summed E-state index contributed by atoms with van der Waals surface area (Å²) in [6.07, 6.45) is 0.429. The van der Waals surface area contributed by atoms with E-state index in [2.05, 4.69) is 0 Å². The van der Waals surface area contributed by atoms with E-state index >= 15 is 0 Å². The molecule has 8 heteroatoms. The third-order valence-corrected chi connectivity index (χ3v) is 3.60. The Balaban J connectivity index is 2.25. The van der Waals surface area contributed by atoms with Crippen molar-refractivity contribution >= 4 is 29.4 Å². The number of rotatable bonds is 5. The Morgan fingerprint density at radius 3 is 2.05 bits per heavy atom. The van der Waals surface area contributed by atoms with Gasteiger partial charge in [0.05, 0.1) is 15.4 Å². The van der Waals surface area contributed by atoms with Gasteiger partial charge in [-0.15, -0.1) is 0 Å². The predicted molar refractivity (Wildman–Crippen MR) is 75.7 cm³/mol. The third-order valence-electron chi connectivity index (χ3n) is 2.61. The average molecular weight is 304 g/mol. The van der Waals surface area contributed by atoms with Crippen molar-refractivity contribution in [3.05, 3.63) is 68.3 Å². The minimum Gasteiger partial charge on any atom is -0.298 e. The van der Waals surface area contributed by atoms with Crippen molar-refractivity contribution in [3.63, 3.8) is 0 Å². The fraction of sp³-hybridized carbons (Fsp3) is 0. The first-order valence-corrected chi connectivity index (χ1v) is 6.49. The van der Waals surface area contributed by atoms with Crippen molar-refractivity contribution in [3.8, 4) is 0 Å². The molecule has 2 aromatic rings. The fourth-order valence-corrected chi connectivity index (χ4v) is 2.50. The molecule has 0 aliphatic heterocycles. The van der Waals surface area contributed by atoms with Gasteiger partial charge >= 0.3 is 0 Å². The second-order valence-electron chi connectivity index (χ2n) is 3.95. The number of hydrogen-bond acceptors (Lipinski definition) is 6. The van der Waals surface area contributed by atoms with Crippen LogP contribution in [-0.4, -0.2) is 16.1 Å². The lowest BCUT2D eigenvalue weighted by atomic mass is 10.2. The summed E-state index contributed by atoms with van der Waals surface area (Å²) in [7, 11) is 0. The summed E-state index contributed by atoms with van der Waals surface area (Å²) < 4.78 is 0. The number of nitro groups is 2. The molecular weight excluding hydrogens is 296 g/mol. The van der Waals surface area contributed by atoms with Crippen molar-refractivity contribution < 1.29 is 14.6 Å². The van der Waals surface area contributed by atoms with Crippen LogP contribution in [-0.2, 0) is 0 Å². The van der Waals surface area contributed by atoms with Crippen molar-refractivity contribution in [1.29, 1.82) is 0 Å². The molecule has 0 heterocycles. The van der Waals surface area contributed by atoms with Gasteiger partial charge in [-0.25, -0.2) is 0 Å². The Morgan fingerprint density at radius 1 is 0.905 bits per heavy atom. The zero-order chi connectivity index (χ0) is 15.4. The average Bonchev–Trinajstić information content (AvgIpc) is 2.47. The summed E-state index contributed by atoms with van der Waals surface area (Å²) in [5.74, 6) is 0. The molecule has 21 heavy (non-hydrogen) atoms. The van der Waals surface area contributed by atoms with Crippen LogP contribution in [0.4, 0.5) is 11.4 Å². The molecule has 0 amide bonds. The summed E-state index contributed by atoms with van der Waals surface area (Å²) in [5.41, 5.74) is -0.276. The second kappa shape index (κ2) is 6.14. The molecule has 0 radical (unpaired) electrons. The Kier molecular flexibility index (Phi) is 4.29. The summed E-state index contributed by atoms with van der Waals surface area (Å²) in [4.78, 5) is 32.4. The molecule has 0 saturated carbocycles. The van der Waals surface area contributed by atoms with Crippen LogP contribution in [0.2, 0.25) is 0 Å². The number of nitrogens with zero attached hydrogens (tertiary/aromatic N) is 2. The Hall–Kier alpha value is -2.74. The number of hydrogen-bond donors (Lipinski definition) is 0. The van der Waals surface area contributed by atoms with Crippen LogP contribution in [0, 0.1) is 20.2 Å². The van der Waals surface area contributed by atoms with Crippen molar-refractivity contribution in [1.82, 2.24) is 0 Å². The molecule has 0 bridgehead atoms. The van der Waals surface area contributed by atoms with E-state index in [1.807, 2.05) is 0 Å². The fourth-order valence-electron chi connectivity index (χ4n) is 1.63. The number of carbonyl (C=O) groups is 1. The maximum absolute atomic E-state index is 10.9. The third kappa shape index (κ3) is 3.42. The topological polar surface area (TPSA) is 103 Å². The largest absolute Gasteiger partial charge is 0.298 e. The standard InChI is InChI=1S/C13H8N2O5S/c16-8-9-7-12(5-6-13(9)15(19)20)21-11-3-1-10(2-4-11)14(17)18/h1-8H. The van der Waals surface area contributed by atoms with E-state index in [1.165, 1.54) is 42.1 Å². The molecule has 0 aromatic heterocycles. The van der Waals surface area contributed by atoms with Crippen molar-refractivity contribution in [2.45, 2.75) is 9.79 Å². The molecule has 0 aliphatic rings. The van der Waals surface area contributed by atoms with Gasteiger partial charge in [0.25, 0.3) is 11.4 Å². The second-order valence-corrected chi connectivity index (χ2v) is 5.10. The van der Waals surface area contributed by atoms with E-state index in [9.17, 15) is 25.0 Å².